The van der Waals surface area contributed by atoms with Crippen LogP contribution in [0.15, 0.2) is 43.0 Å². The lowest BCUT2D eigenvalue weighted by Crippen LogP contribution is -2.38. The summed E-state index contributed by atoms with van der Waals surface area (Å²) < 4.78 is 0. The number of aromatic nitrogens is 2. The molecule has 0 aliphatic carbocycles. The highest BCUT2D eigenvalue weighted by Gasteiger charge is 2.16. The number of nitrogens with zero attached hydrogens (tertiary/aromatic N) is 2. The van der Waals surface area contributed by atoms with Crippen molar-refractivity contribution in [2.24, 2.45) is 0 Å². The first-order chi connectivity index (χ1) is 11.0. The third-order valence-electron chi connectivity index (χ3n) is 2.90. The second-order valence-corrected chi connectivity index (χ2v) is 4.69. The molecule has 2 amide bonds. The molecule has 2 aromatic rings. The van der Waals surface area contributed by atoms with Gasteiger partial charge in [-0.2, -0.15) is 0 Å². The number of rotatable bonds is 5. The fourth-order valence-electron chi connectivity index (χ4n) is 1.67. The van der Waals surface area contributed by atoms with Crippen molar-refractivity contribution in [3.63, 3.8) is 0 Å². The lowest BCUT2D eigenvalue weighted by atomic mass is 10.2. The highest BCUT2D eigenvalue weighted by Crippen LogP contribution is 2.10. The van der Waals surface area contributed by atoms with E-state index in [1.54, 1.807) is 18.3 Å². The minimum absolute atomic E-state index is 0.141. The first-order valence-corrected chi connectivity index (χ1v) is 6.67. The van der Waals surface area contributed by atoms with Gasteiger partial charge in [-0.3, -0.25) is 24.4 Å². The summed E-state index contributed by atoms with van der Waals surface area (Å²) in [7, 11) is 0. The molecule has 1 atom stereocenters. The maximum atomic E-state index is 12.0. The number of aliphatic carboxylic acids is 1. The Hall–Kier alpha value is -3.29. The van der Waals surface area contributed by atoms with E-state index < -0.39 is 23.8 Å². The molecule has 0 bridgehead atoms. The first kappa shape index (κ1) is 16.1. The van der Waals surface area contributed by atoms with Crippen LogP contribution in [-0.4, -0.2) is 38.9 Å². The van der Waals surface area contributed by atoms with Gasteiger partial charge in [0.15, 0.2) is 0 Å². The van der Waals surface area contributed by atoms with Gasteiger partial charge in [0.1, 0.15) is 6.04 Å². The maximum Gasteiger partial charge on any atom is 0.325 e. The summed E-state index contributed by atoms with van der Waals surface area (Å²) in [6.07, 6.45) is 5.62. The summed E-state index contributed by atoms with van der Waals surface area (Å²) in [5, 5.41) is 13.7. The molecule has 0 aliphatic rings. The van der Waals surface area contributed by atoms with E-state index >= 15 is 0 Å². The van der Waals surface area contributed by atoms with Crippen molar-refractivity contribution in [2.45, 2.75) is 13.0 Å². The second kappa shape index (κ2) is 7.12. The fourth-order valence-corrected chi connectivity index (χ4v) is 1.67. The fraction of sp³-hybridized carbons (Fsp3) is 0.133. The number of nitrogens with one attached hydrogen (secondary N) is 2. The third kappa shape index (κ3) is 4.34. The van der Waals surface area contributed by atoms with Gasteiger partial charge in [-0.05, 0) is 25.1 Å². The summed E-state index contributed by atoms with van der Waals surface area (Å²) in [6, 6.07) is 3.60. The Kier molecular flexibility index (Phi) is 4.98. The summed E-state index contributed by atoms with van der Waals surface area (Å²) >= 11 is 0. The molecule has 2 heterocycles. The van der Waals surface area contributed by atoms with Crippen LogP contribution in [0.3, 0.4) is 0 Å². The molecular weight excluding hydrogens is 300 g/mol. The highest BCUT2D eigenvalue weighted by molar-refractivity contribution is 6.04. The van der Waals surface area contributed by atoms with Crippen LogP contribution >= 0.6 is 0 Å². The lowest BCUT2D eigenvalue weighted by Gasteiger charge is -2.10. The molecule has 3 N–H and O–H groups in total. The lowest BCUT2D eigenvalue weighted by molar-refractivity contribution is -0.138. The summed E-state index contributed by atoms with van der Waals surface area (Å²) in [5.41, 5.74) is 0.818. The Morgan fingerprint density at radius 1 is 1.09 bits per heavy atom. The summed E-state index contributed by atoms with van der Waals surface area (Å²) in [6.45, 7) is 1.35. The molecule has 0 aromatic carbocycles. The number of hydrogen-bond acceptors (Lipinski definition) is 5. The number of hydrogen-bond donors (Lipinski definition) is 3. The number of carbonyl (C=O) groups is 3. The van der Waals surface area contributed by atoms with Crippen molar-refractivity contribution in [3.05, 3.63) is 54.1 Å². The van der Waals surface area contributed by atoms with Crippen LogP contribution in [0.1, 0.15) is 27.6 Å². The topological polar surface area (TPSA) is 121 Å². The maximum absolute atomic E-state index is 12.0. The third-order valence-corrected chi connectivity index (χ3v) is 2.90. The Balaban J connectivity index is 2.09. The predicted octanol–water partition coefficient (Wildman–Crippen LogP) is 0.932. The molecule has 0 radical (unpaired) electrons. The standard InChI is InChI=1S/C15H14N4O4/c1-9(15(22)23)18-14(21)11-5-12(8-17-7-11)19-13(20)10-3-2-4-16-6-10/h2-9H,1H3,(H,18,21)(H,19,20)(H,22,23). The Morgan fingerprint density at radius 2 is 1.83 bits per heavy atom. The summed E-state index contributed by atoms with van der Waals surface area (Å²) in [4.78, 5) is 42.4. The minimum atomic E-state index is -1.15. The van der Waals surface area contributed by atoms with Gasteiger partial charge in [-0.25, -0.2) is 0 Å². The number of carboxylic acids is 1. The average molecular weight is 314 g/mol. The predicted molar refractivity (Wildman–Crippen MR) is 81.0 cm³/mol. The highest BCUT2D eigenvalue weighted by atomic mass is 16.4. The van der Waals surface area contributed by atoms with Crippen LogP contribution in [0.4, 0.5) is 5.69 Å². The van der Waals surface area contributed by atoms with E-state index in [4.69, 9.17) is 5.11 Å². The molecule has 2 rings (SSSR count). The van der Waals surface area contributed by atoms with E-state index in [0.29, 0.717) is 11.3 Å². The van der Waals surface area contributed by atoms with E-state index in [9.17, 15) is 14.4 Å². The smallest absolute Gasteiger partial charge is 0.325 e. The molecule has 0 saturated heterocycles. The quantitative estimate of drug-likeness (QED) is 0.755. The van der Waals surface area contributed by atoms with E-state index in [0.717, 1.165) is 0 Å². The van der Waals surface area contributed by atoms with E-state index in [-0.39, 0.29) is 5.56 Å². The molecule has 0 aliphatic heterocycles. The minimum Gasteiger partial charge on any atom is -0.480 e. The molecule has 23 heavy (non-hydrogen) atoms. The number of carboxylic acid groups (broad SMARTS) is 1. The van der Waals surface area contributed by atoms with Crippen LogP contribution < -0.4 is 10.6 Å². The van der Waals surface area contributed by atoms with Crippen LogP contribution in [0, 0.1) is 0 Å². The molecule has 0 spiro atoms. The molecule has 2 aromatic heterocycles. The van der Waals surface area contributed by atoms with Gasteiger partial charge in [0.2, 0.25) is 0 Å². The van der Waals surface area contributed by atoms with Crippen LogP contribution in [-0.2, 0) is 4.79 Å². The zero-order valence-electron chi connectivity index (χ0n) is 12.2. The number of amides is 2. The molecule has 0 fully saturated rings. The molecule has 1 unspecified atom stereocenters. The number of pyridine rings is 2. The first-order valence-electron chi connectivity index (χ1n) is 6.67. The number of anilines is 1. The van der Waals surface area contributed by atoms with Gasteiger partial charge < -0.3 is 15.7 Å². The summed E-state index contributed by atoms with van der Waals surface area (Å²) in [5.74, 6) is -2.13. The molecule has 0 saturated carbocycles. The molecule has 8 heteroatoms. The SMILES string of the molecule is CC(NC(=O)c1cncc(NC(=O)c2cccnc2)c1)C(=O)O. The molecule has 118 valence electrons. The zero-order chi connectivity index (χ0) is 16.8. The van der Waals surface area contributed by atoms with Gasteiger partial charge in [0, 0.05) is 18.6 Å². The monoisotopic (exact) mass is 314 g/mol. The zero-order valence-corrected chi connectivity index (χ0v) is 12.2. The molecule has 8 nitrogen and oxygen atoms in total. The molecular formula is C15H14N4O4. The Morgan fingerprint density at radius 3 is 2.48 bits per heavy atom. The average Bonchev–Trinajstić information content (AvgIpc) is 2.55. The second-order valence-electron chi connectivity index (χ2n) is 4.69. The van der Waals surface area contributed by atoms with Crippen LogP contribution in [0.5, 0.6) is 0 Å². The van der Waals surface area contributed by atoms with Crippen molar-refractivity contribution >= 4 is 23.5 Å². The van der Waals surface area contributed by atoms with Crippen LogP contribution in [0.2, 0.25) is 0 Å². The van der Waals surface area contributed by atoms with Crippen molar-refractivity contribution in [1.82, 2.24) is 15.3 Å². The van der Waals surface area contributed by atoms with Crippen molar-refractivity contribution < 1.29 is 19.5 Å². The van der Waals surface area contributed by atoms with E-state index in [1.807, 2.05) is 0 Å². The Bertz CT molecular complexity index is 733. The normalized spacial score (nSPS) is 11.3. The van der Waals surface area contributed by atoms with Crippen molar-refractivity contribution in [2.75, 3.05) is 5.32 Å². The van der Waals surface area contributed by atoms with Gasteiger partial charge >= 0.3 is 5.97 Å². The largest absolute Gasteiger partial charge is 0.480 e. The Labute approximate surface area is 131 Å². The van der Waals surface area contributed by atoms with Gasteiger partial charge in [0.05, 0.1) is 23.0 Å². The van der Waals surface area contributed by atoms with Crippen molar-refractivity contribution in [3.8, 4) is 0 Å². The van der Waals surface area contributed by atoms with Gasteiger partial charge in [-0.15, -0.1) is 0 Å². The van der Waals surface area contributed by atoms with E-state index in [2.05, 4.69) is 20.6 Å². The van der Waals surface area contributed by atoms with Crippen LogP contribution in [0.25, 0.3) is 0 Å². The number of carbonyl (C=O) groups excluding carboxylic acids is 2. The van der Waals surface area contributed by atoms with Gasteiger partial charge in [-0.1, -0.05) is 0 Å². The van der Waals surface area contributed by atoms with E-state index in [1.165, 1.54) is 31.6 Å². The van der Waals surface area contributed by atoms with Crippen molar-refractivity contribution in [1.29, 1.82) is 0 Å². The van der Waals surface area contributed by atoms with Gasteiger partial charge in [0.25, 0.3) is 11.8 Å².